The first-order chi connectivity index (χ1) is 10.2. The third kappa shape index (κ3) is 3.09. The van der Waals surface area contributed by atoms with E-state index in [1.54, 1.807) is 13.3 Å². The van der Waals surface area contributed by atoms with Gasteiger partial charge in [-0.2, -0.15) is 0 Å². The Balaban J connectivity index is 2.03. The van der Waals surface area contributed by atoms with E-state index in [0.29, 0.717) is 11.8 Å². The highest BCUT2D eigenvalue weighted by Crippen LogP contribution is 2.42. The third-order valence-corrected chi connectivity index (χ3v) is 4.45. The summed E-state index contributed by atoms with van der Waals surface area (Å²) in [5.41, 5.74) is 2.07. The summed E-state index contributed by atoms with van der Waals surface area (Å²) in [6, 6.07) is 3.78. The fraction of sp³-hybridized carbons (Fsp3) is 0.400. The van der Waals surface area contributed by atoms with Crippen molar-refractivity contribution in [3.05, 3.63) is 27.6 Å². The number of nitrogens with one attached hydrogen (secondary N) is 1. The predicted molar refractivity (Wildman–Crippen MR) is 90.7 cm³/mol. The van der Waals surface area contributed by atoms with Gasteiger partial charge in [-0.15, -0.1) is 0 Å². The summed E-state index contributed by atoms with van der Waals surface area (Å²) < 4.78 is 6.23. The van der Waals surface area contributed by atoms with Crippen LogP contribution < -0.4 is 10.1 Å². The van der Waals surface area contributed by atoms with E-state index >= 15 is 0 Å². The molecule has 1 N–H and O–H groups in total. The van der Waals surface area contributed by atoms with Gasteiger partial charge in [-0.05, 0) is 48.4 Å². The van der Waals surface area contributed by atoms with Gasteiger partial charge < -0.3 is 10.1 Å². The Morgan fingerprint density at radius 2 is 2.14 bits per heavy atom. The van der Waals surface area contributed by atoms with Crippen LogP contribution in [-0.2, 0) is 0 Å². The Labute approximate surface area is 137 Å². The molecule has 3 rings (SSSR count). The maximum absolute atomic E-state index is 5.09. The normalized spacial score (nSPS) is 14.0. The van der Waals surface area contributed by atoms with Crippen LogP contribution in [0, 0.1) is 3.57 Å². The second-order valence-electron chi connectivity index (χ2n) is 4.99. The first-order valence-corrected chi connectivity index (χ1v) is 8.12. The number of rotatable bonds is 5. The Morgan fingerprint density at radius 1 is 1.33 bits per heavy atom. The highest BCUT2D eigenvalue weighted by Gasteiger charge is 2.29. The molecule has 1 fully saturated rings. The van der Waals surface area contributed by atoms with Crippen LogP contribution in [0.1, 0.15) is 31.4 Å². The van der Waals surface area contributed by atoms with Crippen LogP contribution in [0.5, 0.6) is 5.88 Å². The van der Waals surface area contributed by atoms with Gasteiger partial charge in [0.25, 0.3) is 0 Å². The minimum atomic E-state index is 0.585. The van der Waals surface area contributed by atoms with Crippen molar-refractivity contribution in [1.82, 2.24) is 15.0 Å². The van der Waals surface area contributed by atoms with E-state index in [1.165, 1.54) is 12.8 Å². The minimum Gasteiger partial charge on any atom is -0.481 e. The van der Waals surface area contributed by atoms with Gasteiger partial charge in [0, 0.05) is 30.3 Å². The van der Waals surface area contributed by atoms with Gasteiger partial charge in [0.05, 0.1) is 16.4 Å². The molecule has 1 aliphatic rings. The van der Waals surface area contributed by atoms with Crippen molar-refractivity contribution in [2.45, 2.75) is 25.7 Å². The van der Waals surface area contributed by atoms with Crippen LogP contribution in [0.15, 0.2) is 18.3 Å². The van der Waals surface area contributed by atoms with Crippen molar-refractivity contribution in [3.8, 4) is 17.3 Å². The lowest BCUT2D eigenvalue weighted by molar-refractivity contribution is 0.398. The number of anilines is 1. The van der Waals surface area contributed by atoms with Gasteiger partial charge in [-0.25, -0.2) is 15.0 Å². The summed E-state index contributed by atoms with van der Waals surface area (Å²) in [5, 5.41) is 3.33. The topological polar surface area (TPSA) is 59.9 Å². The van der Waals surface area contributed by atoms with Crippen LogP contribution in [0.3, 0.4) is 0 Å². The van der Waals surface area contributed by atoms with E-state index in [0.717, 1.165) is 33.0 Å². The molecule has 0 aliphatic heterocycles. The quantitative estimate of drug-likeness (QED) is 0.785. The van der Waals surface area contributed by atoms with E-state index in [2.05, 4.69) is 44.8 Å². The van der Waals surface area contributed by atoms with E-state index in [4.69, 9.17) is 9.72 Å². The molecule has 1 aliphatic carbocycles. The van der Waals surface area contributed by atoms with Crippen molar-refractivity contribution in [2.75, 3.05) is 19.0 Å². The Morgan fingerprint density at radius 3 is 2.71 bits per heavy atom. The van der Waals surface area contributed by atoms with Crippen LogP contribution in [0.2, 0.25) is 0 Å². The molecule has 2 aromatic rings. The minimum absolute atomic E-state index is 0.585. The van der Waals surface area contributed by atoms with Gasteiger partial charge in [0.1, 0.15) is 5.82 Å². The summed E-state index contributed by atoms with van der Waals surface area (Å²) in [7, 11) is 1.61. The molecule has 2 aromatic heterocycles. The molecule has 110 valence electrons. The number of nitrogens with zero attached hydrogens (tertiary/aromatic N) is 3. The first-order valence-electron chi connectivity index (χ1n) is 7.04. The van der Waals surface area contributed by atoms with Gasteiger partial charge in [-0.3, -0.25) is 0 Å². The molecule has 0 aromatic carbocycles. The summed E-state index contributed by atoms with van der Waals surface area (Å²) >= 11 is 2.34. The molecule has 1 saturated carbocycles. The van der Waals surface area contributed by atoms with E-state index in [9.17, 15) is 0 Å². The lowest BCUT2D eigenvalue weighted by Crippen LogP contribution is -2.07. The van der Waals surface area contributed by atoms with Crippen LogP contribution in [0.4, 0.5) is 5.82 Å². The number of aromatic nitrogens is 3. The van der Waals surface area contributed by atoms with Gasteiger partial charge in [-0.1, -0.05) is 0 Å². The monoisotopic (exact) mass is 396 g/mol. The number of hydrogen-bond acceptors (Lipinski definition) is 5. The van der Waals surface area contributed by atoms with Gasteiger partial charge in [0.2, 0.25) is 5.88 Å². The van der Waals surface area contributed by atoms with Crippen molar-refractivity contribution < 1.29 is 4.74 Å². The van der Waals surface area contributed by atoms with Gasteiger partial charge in [0.15, 0.2) is 5.82 Å². The zero-order chi connectivity index (χ0) is 14.8. The molecule has 5 nitrogen and oxygen atoms in total. The lowest BCUT2D eigenvalue weighted by atomic mass is 10.2. The van der Waals surface area contributed by atoms with Gasteiger partial charge >= 0.3 is 0 Å². The fourth-order valence-corrected chi connectivity index (χ4v) is 3.01. The standard InChI is InChI=1S/C15H17IN4O/c1-3-17-15-12(16)13(9-4-5-9)19-14(20-15)10-6-7-11(21-2)18-8-10/h6-9H,3-5H2,1-2H3,(H,17,19,20). The summed E-state index contributed by atoms with van der Waals surface area (Å²) in [4.78, 5) is 13.6. The van der Waals surface area contributed by atoms with Crippen molar-refractivity contribution in [3.63, 3.8) is 0 Å². The first kappa shape index (κ1) is 14.5. The van der Waals surface area contributed by atoms with Crippen molar-refractivity contribution in [2.24, 2.45) is 0 Å². The second-order valence-corrected chi connectivity index (χ2v) is 6.07. The molecule has 0 amide bonds. The summed E-state index contributed by atoms with van der Waals surface area (Å²) in [5.74, 6) is 2.82. The highest BCUT2D eigenvalue weighted by molar-refractivity contribution is 14.1. The molecule has 0 saturated heterocycles. The molecular formula is C15H17IN4O. The number of ether oxygens (including phenoxy) is 1. The van der Waals surface area contributed by atoms with Crippen LogP contribution in [0.25, 0.3) is 11.4 Å². The van der Waals surface area contributed by atoms with E-state index < -0.39 is 0 Å². The molecular weight excluding hydrogens is 379 g/mol. The van der Waals surface area contributed by atoms with Crippen LogP contribution in [-0.4, -0.2) is 28.6 Å². The molecule has 0 atom stereocenters. The summed E-state index contributed by atoms with van der Waals surface area (Å²) in [6.07, 6.45) is 4.20. The van der Waals surface area contributed by atoms with Crippen LogP contribution >= 0.6 is 22.6 Å². The molecule has 0 unspecified atom stereocenters. The average Bonchev–Trinajstić information content (AvgIpc) is 3.34. The fourth-order valence-electron chi connectivity index (χ4n) is 2.14. The smallest absolute Gasteiger partial charge is 0.212 e. The Kier molecular flexibility index (Phi) is 4.23. The average molecular weight is 396 g/mol. The number of hydrogen-bond donors (Lipinski definition) is 1. The Bertz CT molecular complexity index is 641. The number of methoxy groups -OCH3 is 1. The molecule has 0 bridgehead atoms. The maximum atomic E-state index is 5.09. The molecule has 0 spiro atoms. The van der Waals surface area contributed by atoms with E-state index in [-0.39, 0.29) is 0 Å². The van der Waals surface area contributed by atoms with Crippen molar-refractivity contribution in [1.29, 1.82) is 0 Å². The Hall–Kier alpha value is -1.44. The highest BCUT2D eigenvalue weighted by atomic mass is 127. The lowest BCUT2D eigenvalue weighted by Gasteiger charge is -2.12. The number of pyridine rings is 1. The second kappa shape index (κ2) is 6.13. The summed E-state index contributed by atoms with van der Waals surface area (Å²) in [6.45, 7) is 2.92. The largest absolute Gasteiger partial charge is 0.481 e. The third-order valence-electron chi connectivity index (χ3n) is 3.39. The van der Waals surface area contributed by atoms with Crippen molar-refractivity contribution >= 4 is 28.4 Å². The van der Waals surface area contributed by atoms with E-state index in [1.807, 2.05) is 12.1 Å². The molecule has 0 radical (unpaired) electrons. The molecule has 21 heavy (non-hydrogen) atoms. The zero-order valence-corrected chi connectivity index (χ0v) is 14.2. The zero-order valence-electron chi connectivity index (χ0n) is 12.1. The number of halogens is 1. The SMILES string of the molecule is CCNc1nc(-c2ccc(OC)nc2)nc(C2CC2)c1I. The predicted octanol–water partition coefficient (Wildman–Crippen LogP) is 3.46. The molecule has 6 heteroatoms. The molecule has 2 heterocycles. The maximum Gasteiger partial charge on any atom is 0.212 e.